The number of hydrogen-bond acceptors (Lipinski definition) is 5. The van der Waals surface area contributed by atoms with E-state index in [0.717, 1.165) is 33.7 Å². The van der Waals surface area contributed by atoms with Gasteiger partial charge in [0.2, 0.25) is 0 Å². The van der Waals surface area contributed by atoms with Crippen LogP contribution in [-0.2, 0) is 0 Å². The molecule has 0 aliphatic carbocycles. The monoisotopic (exact) mass is 438 g/mol. The largest absolute Gasteiger partial charge is 0.482 e. The summed E-state index contributed by atoms with van der Waals surface area (Å²) in [5.41, 5.74) is 10.8. The third-order valence-corrected chi connectivity index (χ3v) is 6.53. The molecule has 33 heavy (non-hydrogen) atoms. The predicted molar refractivity (Wildman–Crippen MR) is 129 cm³/mol. The zero-order valence-electron chi connectivity index (χ0n) is 18.6. The fraction of sp³-hybridized carbons (Fsp3) is 0.222. The molecule has 1 spiro atoms. The van der Waals surface area contributed by atoms with Gasteiger partial charge in [-0.2, -0.15) is 0 Å². The Kier molecular flexibility index (Phi) is 5.42. The lowest BCUT2D eigenvalue weighted by molar-refractivity contribution is 0.0285. The zero-order chi connectivity index (χ0) is 22.8. The van der Waals surface area contributed by atoms with Gasteiger partial charge in [0.25, 0.3) is 5.91 Å². The Bertz CT molecular complexity index is 1240. The number of hydrogen-bond donors (Lipinski definition) is 1. The molecule has 0 atom stereocenters. The van der Waals surface area contributed by atoms with E-state index in [1.54, 1.807) is 25.6 Å². The Hall–Kier alpha value is -3.93. The van der Waals surface area contributed by atoms with Crippen molar-refractivity contribution in [2.75, 3.05) is 20.1 Å². The number of amides is 1. The van der Waals surface area contributed by atoms with Gasteiger partial charge in [-0.1, -0.05) is 42.5 Å². The van der Waals surface area contributed by atoms with Crippen LogP contribution in [-0.4, -0.2) is 47.2 Å². The second-order valence-electron chi connectivity index (χ2n) is 8.37. The molecule has 1 amide bonds. The first-order valence-corrected chi connectivity index (χ1v) is 11.1. The molecule has 0 bridgehead atoms. The number of nitrogens with zero attached hydrogens (tertiary/aromatic N) is 3. The standard InChI is InChI=1S/C27H26N4O2/c1-29-25-22-9-5-6-10-24(22)33-27(23(25)16-28)11-13-31(14-12-27)26(32)21-15-20(17-30-18-21)19-7-3-2-4-8-19/h2-10,15-18H,11-14,28H2,1H3. The first-order valence-electron chi connectivity index (χ1n) is 11.1. The lowest BCUT2D eigenvalue weighted by atomic mass is 9.78. The molecule has 3 heterocycles. The molecule has 1 aromatic heterocycles. The number of likely N-dealkylation sites (tertiary alicyclic amines) is 1. The van der Waals surface area contributed by atoms with Crippen molar-refractivity contribution in [1.82, 2.24) is 9.88 Å². The number of aliphatic imine (C=N–C) groups is 1. The summed E-state index contributed by atoms with van der Waals surface area (Å²) >= 11 is 0. The number of rotatable bonds is 2. The van der Waals surface area contributed by atoms with Crippen LogP contribution in [0.5, 0.6) is 5.75 Å². The van der Waals surface area contributed by atoms with Crippen LogP contribution in [0.2, 0.25) is 0 Å². The smallest absolute Gasteiger partial charge is 0.255 e. The fourth-order valence-corrected chi connectivity index (χ4v) is 4.82. The number of aromatic nitrogens is 1. The highest BCUT2D eigenvalue weighted by Gasteiger charge is 2.46. The van der Waals surface area contributed by atoms with Gasteiger partial charge in [-0.05, 0) is 23.8 Å². The van der Waals surface area contributed by atoms with Gasteiger partial charge in [0.15, 0.2) is 0 Å². The third-order valence-electron chi connectivity index (χ3n) is 6.53. The van der Waals surface area contributed by atoms with Crippen molar-refractivity contribution < 1.29 is 9.53 Å². The molecule has 1 saturated heterocycles. The van der Waals surface area contributed by atoms with E-state index >= 15 is 0 Å². The summed E-state index contributed by atoms with van der Waals surface area (Å²) in [5, 5.41) is 0. The highest BCUT2D eigenvalue weighted by Crippen LogP contribution is 2.42. The molecule has 0 unspecified atom stereocenters. The van der Waals surface area contributed by atoms with Gasteiger partial charge in [0.1, 0.15) is 11.4 Å². The summed E-state index contributed by atoms with van der Waals surface area (Å²) in [5.74, 6) is 0.789. The van der Waals surface area contributed by atoms with Crippen molar-refractivity contribution in [2.24, 2.45) is 10.7 Å². The van der Waals surface area contributed by atoms with E-state index in [1.165, 1.54) is 0 Å². The molecule has 2 aliphatic heterocycles. The van der Waals surface area contributed by atoms with E-state index in [0.29, 0.717) is 31.5 Å². The average molecular weight is 439 g/mol. The van der Waals surface area contributed by atoms with Gasteiger partial charge >= 0.3 is 0 Å². The predicted octanol–water partition coefficient (Wildman–Crippen LogP) is 4.08. The second-order valence-corrected chi connectivity index (χ2v) is 8.37. The molecule has 3 aromatic rings. The van der Waals surface area contributed by atoms with Crippen LogP contribution in [0.25, 0.3) is 11.1 Å². The lowest BCUT2D eigenvalue weighted by Crippen LogP contribution is -2.54. The maximum atomic E-state index is 13.3. The molecule has 1 fully saturated rings. The Labute approximate surface area is 193 Å². The van der Waals surface area contributed by atoms with Crippen molar-refractivity contribution >= 4 is 11.6 Å². The Morgan fingerprint density at radius 2 is 1.79 bits per heavy atom. The number of pyridine rings is 1. The van der Waals surface area contributed by atoms with E-state index in [2.05, 4.69) is 9.98 Å². The van der Waals surface area contributed by atoms with Gasteiger partial charge < -0.3 is 15.4 Å². The van der Waals surface area contributed by atoms with Crippen LogP contribution in [0.1, 0.15) is 28.8 Å². The van der Waals surface area contributed by atoms with Crippen molar-refractivity contribution in [2.45, 2.75) is 18.4 Å². The number of carbonyl (C=O) groups is 1. The summed E-state index contributed by atoms with van der Waals surface area (Å²) in [6.07, 6.45) is 6.32. The molecule has 6 heteroatoms. The molecular weight excluding hydrogens is 412 g/mol. The molecule has 5 rings (SSSR count). The van der Waals surface area contributed by atoms with Crippen molar-refractivity contribution in [3.8, 4) is 16.9 Å². The summed E-state index contributed by atoms with van der Waals surface area (Å²) in [4.78, 5) is 24.0. The van der Waals surface area contributed by atoms with Crippen LogP contribution < -0.4 is 10.5 Å². The van der Waals surface area contributed by atoms with Gasteiger partial charge in [-0.3, -0.25) is 14.8 Å². The summed E-state index contributed by atoms with van der Waals surface area (Å²) < 4.78 is 6.53. The molecule has 0 saturated carbocycles. The van der Waals surface area contributed by atoms with Gasteiger partial charge in [-0.15, -0.1) is 0 Å². The lowest BCUT2D eigenvalue weighted by Gasteiger charge is -2.46. The topological polar surface area (TPSA) is 80.8 Å². The number of carbonyl (C=O) groups excluding carboxylic acids is 1. The Morgan fingerprint density at radius 1 is 1.06 bits per heavy atom. The van der Waals surface area contributed by atoms with Gasteiger partial charge in [-0.25, -0.2) is 0 Å². The maximum Gasteiger partial charge on any atom is 0.255 e. The van der Waals surface area contributed by atoms with E-state index in [4.69, 9.17) is 10.5 Å². The zero-order valence-corrected chi connectivity index (χ0v) is 18.6. The summed E-state index contributed by atoms with van der Waals surface area (Å²) in [6, 6.07) is 19.8. The van der Waals surface area contributed by atoms with Crippen LogP contribution in [0, 0.1) is 0 Å². The molecular formula is C27H26N4O2. The average Bonchev–Trinajstić information content (AvgIpc) is 2.88. The van der Waals surface area contributed by atoms with E-state index < -0.39 is 5.60 Å². The molecule has 2 aliphatic rings. The second kappa shape index (κ2) is 8.54. The van der Waals surface area contributed by atoms with E-state index in [-0.39, 0.29) is 5.91 Å². The number of benzene rings is 2. The van der Waals surface area contributed by atoms with E-state index in [1.807, 2.05) is 65.6 Å². The molecule has 166 valence electrons. The van der Waals surface area contributed by atoms with Crippen LogP contribution >= 0.6 is 0 Å². The van der Waals surface area contributed by atoms with Crippen LogP contribution in [0.3, 0.4) is 0 Å². The summed E-state index contributed by atoms with van der Waals surface area (Å²) in [7, 11) is 1.78. The molecule has 6 nitrogen and oxygen atoms in total. The maximum absolute atomic E-state index is 13.3. The number of fused-ring (bicyclic) bond motifs is 1. The third kappa shape index (κ3) is 3.67. The van der Waals surface area contributed by atoms with Crippen LogP contribution in [0.15, 0.2) is 89.8 Å². The Balaban J connectivity index is 1.38. The van der Waals surface area contributed by atoms with Crippen LogP contribution in [0.4, 0.5) is 0 Å². The Morgan fingerprint density at radius 3 is 2.52 bits per heavy atom. The van der Waals surface area contributed by atoms with Crippen molar-refractivity contribution in [3.05, 3.63) is 96.0 Å². The molecule has 2 aromatic carbocycles. The number of piperidine rings is 1. The number of nitrogens with two attached hydrogens (primary N) is 1. The molecule has 0 radical (unpaired) electrons. The number of para-hydroxylation sites is 1. The highest BCUT2D eigenvalue weighted by molar-refractivity contribution is 6.16. The quantitative estimate of drug-likeness (QED) is 0.654. The first-order chi connectivity index (χ1) is 16.1. The van der Waals surface area contributed by atoms with Crippen molar-refractivity contribution in [3.63, 3.8) is 0 Å². The first kappa shape index (κ1) is 20.9. The number of ether oxygens (including phenoxy) is 1. The minimum atomic E-state index is -0.584. The minimum Gasteiger partial charge on any atom is -0.482 e. The highest BCUT2D eigenvalue weighted by atomic mass is 16.5. The normalized spacial score (nSPS) is 19.4. The van der Waals surface area contributed by atoms with E-state index in [9.17, 15) is 4.79 Å². The SMILES string of the molecule is CN=C1C(=CN)C2(CCN(C(=O)c3cncc(-c4ccccc4)c3)CC2)Oc2ccccc21. The van der Waals surface area contributed by atoms with Crippen molar-refractivity contribution in [1.29, 1.82) is 0 Å². The summed E-state index contributed by atoms with van der Waals surface area (Å²) in [6.45, 7) is 1.12. The fourth-order valence-electron chi connectivity index (χ4n) is 4.82. The van der Waals surface area contributed by atoms with Gasteiger partial charge in [0, 0.05) is 68.3 Å². The molecule has 2 N–H and O–H groups in total. The minimum absolute atomic E-state index is 0.0194. The van der Waals surface area contributed by atoms with Gasteiger partial charge in [0.05, 0.1) is 11.3 Å².